The number of sulfonamides is 1. The van der Waals surface area contributed by atoms with Crippen LogP contribution in [0, 0.1) is 13.8 Å². The molecule has 0 radical (unpaired) electrons. The highest BCUT2D eigenvalue weighted by molar-refractivity contribution is 7.99. The summed E-state index contributed by atoms with van der Waals surface area (Å²) in [6, 6.07) is 19.0. The van der Waals surface area contributed by atoms with E-state index in [1.165, 1.54) is 0 Å². The quantitative estimate of drug-likeness (QED) is 0.502. The van der Waals surface area contributed by atoms with Gasteiger partial charge in [-0.15, -0.1) is 4.40 Å². The van der Waals surface area contributed by atoms with E-state index in [1.807, 2.05) is 43.3 Å². The summed E-state index contributed by atoms with van der Waals surface area (Å²) in [5.74, 6) is 4.01. The zero-order chi connectivity index (χ0) is 25.5. The predicted molar refractivity (Wildman–Crippen MR) is 145 cm³/mol. The van der Waals surface area contributed by atoms with Gasteiger partial charge in [-0.2, -0.15) is 8.42 Å². The van der Waals surface area contributed by atoms with E-state index in [-0.39, 0.29) is 16.8 Å². The van der Waals surface area contributed by atoms with Gasteiger partial charge in [0.15, 0.2) is 0 Å². The van der Waals surface area contributed by atoms with Gasteiger partial charge < -0.3 is 10.2 Å². The van der Waals surface area contributed by atoms with Gasteiger partial charge in [0.1, 0.15) is 4.90 Å². The highest BCUT2D eigenvalue weighted by Gasteiger charge is 2.31. The highest BCUT2D eigenvalue weighted by atomic mass is 32.2. The molecule has 6 nitrogen and oxygen atoms in total. The van der Waals surface area contributed by atoms with Crippen LogP contribution in [0.4, 0.5) is 5.69 Å². The van der Waals surface area contributed by atoms with Crippen molar-refractivity contribution in [3.63, 3.8) is 0 Å². The molecular formula is C27H31N3O3S2. The Morgan fingerprint density at radius 2 is 1.69 bits per heavy atom. The van der Waals surface area contributed by atoms with Gasteiger partial charge in [-0.3, -0.25) is 4.21 Å². The van der Waals surface area contributed by atoms with Crippen molar-refractivity contribution in [3.8, 4) is 0 Å². The third-order valence-corrected chi connectivity index (χ3v) is 9.08. The zero-order valence-electron chi connectivity index (χ0n) is 20.7. The van der Waals surface area contributed by atoms with Crippen LogP contribution in [-0.4, -0.2) is 42.7 Å². The number of hydrogen-bond donors (Lipinski definition) is 1. The molecule has 4 rings (SSSR count). The molecule has 0 saturated heterocycles. The number of hydrogen-bond acceptors (Lipinski definition) is 5. The number of anilines is 1. The molecule has 184 valence electrons. The van der Waals surface area contributed by atoms with Crippen LogP contribution in [0.1, 0.15) is 40.7 Å². The Morgan fingerprint density at radius 3 is 2.37 bits per heavy atom. The number of aryl methyl sites for hydroxylation is 2. The van der Waals surface area contributed by atoms with Gasteiger partial charge in [-0.1, -0.05) is 55.5 Å². The lowest BCUT2D eigenvalue weighted by molar-refractivity contribution is 0.493. The third-order valence-electron chi connectivity index (χ3n) is 6.44. The molecule has 0 spiro atoms. The monoisotopic (exact) mass is 509 g/mol. The number of benzene rings is 3. The van der Waals surface area contributed by atoms with Crippen molar-refractivity contribution in [2.24, 2.45) is 4.40 Å². The van der Waals surface area contributed by atoms with Crippen LogP contribution >= 0.6 is 0 Å². The zero-order valence-corrected chi connectivity index (χ0v) is 22.3. The van der Waals surface area contributed by atoms with Crippen molar-refractivity contribution in [1.29, 1.82) is 0 Å². The average Bonchev–Trinajstić information content (AvgIpc) is 2.78. The molecular weight excluding hydrogens is 478 g/mol. The maximum atomic E-state index is 13.2. The molecule has 0 amide bonds. The maximum Gasteiger partial charge on any atom is 0.287 e. The summed E-state index contributed by atoms with van der Waals surface area (Å²) in [5, 5.41) is 3.32. The minimum absolute atomic E-state index is 0.0323. The number of rotatable bonds is 5. The molecule has 2 atom stereocenters. The van der Waals surface area contributed by atoms with E-state index in [9.17, 15) is 12.6 Å². The molecule has 1 heterocycles. The van der Waals surface area contributed by atoms with Crippen molar-refractivity contribution in [2.45, 2.75) is 43.0 Å². The standard InChI is InChI=1S/C27H31N3O3S2/c1-18-11-7-9-13-22(18)20(3)25-19(2)15-16-24-26(25)28-27(29-35(24,32)33)30(4)17-21-12-8-10-14-23(21)34(5,6)31/h7-16,20H,5,17H2,1-4,6H3,(H,28,29)/t20-,34?/m0/s1. The van der Waals surface area contributed by atoms with E-state index in [1.54, 1.807) is 30.3 Å². The first-order valence-corrected chi connectivity index (χ1v) is 14.9. The number of nitrogens with one attached hydrogen (secondary N) is 1. The molecule has 3 aromatic carbocycles. The van der Waals surface area contributed by atoms with Crippen LogP contribution in [0.25, 0.3) is 0 Å². The number of fused-ring (bicyclic) bond motifs is 1. The number of guanidine groups is 1. The van der Waals surface area contributed by atoms with Crippen LogP contribution in [0.5, 0.6) is 0 Å². The van der Waals surface area contributed by atoms with Crippen molar-refractivity contribution in [1.82, 2.24) is 4.90 Å². The second kappa shape index (κ2) is 9.17. The summed E-state index contributed by atoms with van der Waals surface area (Å²) in [6.45, 7) is 6.47. The molecule has 3 aromatic rings. The van der Waals surface area contributed by atoms with Gasteiger partial charge in [0.25, 0.3) is 10.0 Å². The fourth-order valence-electron chi connectivity index (χ4n) is 4.68. The van der Waals surface area contributed by atoms with E-state index in [0.717, 1.165) is 27.8 Å². The molecule has 0 saturated carbocycles. The van der Waals surface area contributed by atoms with Gasteiger partial charge in [0.05, 0.1) is 5.69 Å². The lowest BCUT2D eigenvalue weighted by atomic mass is 9.86. The summed E-state index contributed by atoms with van der Waals surface area (Å²) in [6.07, 6.45) is 1.60. The Kier molecular flexibility index (Phi) is 6.55. The molecule has 1 N–H and O–H groups in total. The largest absolute Gasteiger partial charge is 0.340 e. The first kappa shape index (κ1) is 25.0. The fourth-order valence-corrected chi connectivity index (χ4v) is 6.91. The van der Waals surface area contributed by atoms with Crippen LogP contribution in [0.15, 0.2) is 74.9 Å². The molecule has 0 aliphatic carbocycles. The summed E-state index contributed by atoms with van der Waals surface area (Å²) in [7, 11) is -4.59. The third kappa shape index (κ3) is 4.86. The second-order valence-electron chi connectivity index (χ2n) is 9.23. The fraction of sp³-hybridized carbons (Fsp3) is 0.259. The molecule has 0 fully saturated rings. The minimum atomic E-state index is -3.92. The van der Waals surface area contributed by atoms with E-state index < -0.39 is 19.5 Å². The predicted octanol–water partition coefficient (Wildman–Crippen LogP) is 4.76. The second-order valence-corrected chi connectivity index (χ2v) is 13.3. The van der Waals surface area contributed by atoms with Gasteiger partial charge in [-0.05, 0) is 69.2 Å². The van der Waals surface area contributed by atoms with Gasteiger partial charge in [0, 0.05) is 30.7 Å². The Hall–Kier alpha value is -3.10. The van der Waals surface area contributed by atoms with E-state index in [2.05, 4.69) is 41.6 Å². The smallest absolute Gasteiger partial charge is 0.287 e. The molecule has 8 heteroatoms. The van der Waals surface area contributed by atoms with Crippen LogP contribution in [-0.2, 0) is 26.1 Å². The van der Waals surface area contributed by atoms with E-state index in [4.69, 9.17) is 0 Å². The van der Waals surface area contributed by atoms with Crippen molar-refractivity contribution in [2.75, 3.05) is 18.6 Å². The summed E-state index contributed by atoms with van der Waals surface area (Å²) in [4.78, 5) is 2.55. The molecule has 1 unspecified atom stereocenters. The molecule has 0 bridgehead atoms. The number of nitrogens with zero attached hydrogens (tertiary/aromatic N) is 2. The van der Waals surface area contributed by atoms with Crippen LogP contribution < -0.4 is 5.32 Å². The first-order chi connectivity index (χ1) is 16.4. The average molecular weight is 510 g/mol. The van der Waals surface area contributed by atoms with Crippen molar-refractivity contribution >= 4 is 37.1 Å². The normalized spacial score (nSPS) is 16.9. The molecule has 1 aliphatic rings. The molecule has 1 aliphatic heterocycles. The Balaban J connectivity index is 1.77. The maximum absolute atomic E-state index is 13.2. The molecule has 35 heavy (non-hydrogen) atoms. The van der Waals surface area contributed by atoms with Crippen LogP contribution in [0.2, 0.25) is 0 Å². The first-order valence-electron chi connectivity index (χ1n) is 11.3. The van der Waals surface area contributed by atoms with E-state index >= 15 is 0 Å². The van der Waals surface area contributed by atoms with Gasteiger partial charge in [0.2, 0.25) is 5.96 Å². The summed E-state index contributed by atoms with van der Waals surface area (Å²) in [5.41, 5.74) is 5.58. The minimum Gasteiger partial charge on any atom is -0.340 e. The topological polar surface area (TPSA) is 78.8 Å². The highest BCUT2D eigenvalue weighted by Crippen LogP contribution is 2.40. The lowest BCUT2D eigenvalue weighted by Crippen LogP contribution is -2.37. The van der Waals surface area contributed by atoms with E-state index in [0.29, 0.717) is 17.1 Å². The van der Waals surface area contributed by atoms with Crippen molar-refractivity contribution < 1.29 is 12.6 Å². The lowest BCUT2D eigenvalue weighted by Gasteiger charge is -2.30. The molecule has 0 aromatic heterocycles. The SMILES string of the molecule is C=S(C)(=O)c1ccccc1CN(C)C1=NS(=O)(=O)c2ccc(C)c([C@@H](C)c3ccccc3C)c2N1. The van der Waals surface area contributed by atoms with Gasteiger partial charge >= 0.3 is 0 Å². The van der Waals surface area contributed by atoms with Gasteiger partial charge in [-0.25, -0.2) is 0 Å². The van der Waals surface area contributed by atoms with Crippen LogP contribution in [0.3, 0.4) is 0 Å². The Bertz CT molecular complexity index is 1540. The Morgan fingerprint density at radius 1 is 1.03 bits per heavy atom. The summed E-state index contributed by atoms with van der Waals surface area (Å²) >= 11 is 0. The Labute approximate surface area is 208 Å². The van der Waals surface area contributed by atoms with Crippen molar-refractivity contribution in [3.05, 3.63) is 88.5 Å². The summed E-state index contributed by atoms with van der Waals surface area (Å²) < 4.78 is 43.3.